The average molecular weight is 212 g/mol. The van der Waals surface area contributed by atoms with Gasteiger partial charge in [0.25, 0.3) is 0 Å². The van der Waals surface area contributed by atoms with Crippen molar-refractivity contribution < 1.29 is 13.5 Å². The predicted molar refractivity (Wildman–Crippen MR) is 53.4 cm³/mol. The highest BCUT2D eigenvalue weighted by Crippen LogP contribution is 2.02. The second-order valence-corrected chi connectivity index (χ2v) is 6.02. The summed E-state index contributed by atoms with van der Waals surface area (Å²) in [5.41, 5.74) is 0. The van der Waals surface area contributed by atoms with Crippen molar-refractivity contribution in [3.8, 4) is 0 Å². The van der Waals surface area contributed by atoms with Gasteiger partial charge in [-0.25, -0.2) is 8.42 Å². The average Bonchev–Trinajstić information content (AvgIpc) is 1.98. The number of aliphatic hydroxyl groups excluding tert-OH is 1. The molecule has 0 atom stereocenters. The molecular weight excluding hydrogens is 196 g/mol. The van der Waals surface area contributed by atoms with Gasteiger partial charge in [-0.05, 0) is 6.42 Å². The summed E-state index contributed by atoms with van der Waals surface area (Å²) in [7, 11) is -2.81. The highest BCUT2D eigenvalue weighted by atomic mass is 32.2. The normalized spacial score (nSPS) is 11.8. The monoisotopic (exact) mass is 212 g/mol. The lowest BCUT2D eigenvalue weighted by Crippen LogP contribution is -2.12. The molecule has 0 rings (SSSR count). The minimum Gasteiger partial charge on any atom is -0.396 e. The van der Waals surface area contributed by atoms with E-state index in [1.54, 1.807) is 0 Å². The van der Waals surface area contributed by atoms with Crippen molar-refractivity contribution in [1.82, 2.24) is 0 Å². The summed E-state index contributed by atoms with van der Waals surface area (Å²) < 4.78 is 22.2. The maximum atomic E-state index is 11.1. The first-order chi connectivity index (χ1) is 5.62. The second kappa shape index (κ2) is 6.74. The number of sulfone groups is 1. The van der Waals surface area contributed by atoms with Crippen LogP contribution in [-0.4, -0.2) is 43.1 Å². The Labute approximate surface area is 78.5 Å². The first kappa shape index (κ1) is 12.3. The zero-order valence-electron chi connectivity index (χ0n) is 7.32. The quantitative estimate of drug-likeness (QED) is 0.626. The third-order valence-corrected chi connectivity index (χ3v) is 4.37. The Morgan fingerprint density at radius 3 is 2.42 bits per heavy atom. The van der Waals surface area contributed by atoms with Crippen LogP contribution in [0.1, 0.15) is 13.3 Å². The van der Waals surface area contributed by atoms with E-state index in [1.807, 2.05) is 6.92 Å². The Bertz CT molecular complexity index is 187. The van der Waals surface area contributed by atoms with Gasteiger partial charge in [0.15, 0.2) is 9.84 Å². The number of hydrogen-bond donors (Lipinski definition) is 1. The molecule has 0 unspecified atom stereocenters. The highest BCUT2D eigenvalue weighted by Gasteiger charge is 2.07. The van der Waals surface area contributed by atoms with Gasteiger partial charge in [-0.2, -0.15) is 11.8 Å². The molecule has 3 nitrogen and oxygen atoms in total. The van der Waals surface area contributed by atoms with Gasteiger partial charge in [0.1, 0.15) is 0 Å². The summed E-state index contributed by atoms with van der Waals surface area (Å²) in [6.07, 6.45) is 0.688. The molecule has 12 heavy (non-hydrogen) atoms. The van der Waals surface area contributed by atoms with Gasteiger partial charge in [-0.15, -0.1) is 0 Å². The Kier molecular flexibility index (Phi) is 6.89. The molecule has 0 saturated carbocycles. The van der Waals surface area contributed by atoms with Gasteiger partial charge in [0, 0.05) is 17.3 Å². The van der Waals surface area contributed by atoms with E-state index >= 15 is 0 Å². The lowest BCUT2D eigenvalue weighted by Gasteiger charge is -2.01. The summed E-state index contributed by atoms with van der Waals surface area (Å²) in [5.74, 6) is 1.75. The van der Waals surface area contributed by atoms with Crippen molar-refractivity contribution in [1.29, 1.82) is 0 Å². The molecule has 0 aromatic heterocycles. The molecular formula is C7H16O3S2. The lowest BCUT2D eigenvalue weighted by molar-refractivity contribution is 0.322. The van der Waals surface area contributed by atoms with Crippen LogP contribution in [0.3, 0.4) is 0 Å². The molecule has 0 amide bonds. The summed E-state index contributed by atoms with van der Waals surface area (Å²) >= 11 is 1.48. The van der Waals surface area contributed by atoms with E-state index in [0.717, 1.165) is 0 Å². The second-order valence-electron chi connectivity index (χ2n) is 2.49. The fourth-order valence-electron chi connectivity index (χ4n) is 0.766. The largest absolute Gasteiger partial charge is 0.396 e. The van der Waals surface area contributed by atoms with Crippen LogP contribution in [0.25, 0.3) is 0 Å². The molecule has 0 aliphatic carbocycles. The van der Waals surface area contributed by atoms with Crippen molar-refractivity contribution in [2.45, 2.75) is 13.3 Å². The Morgan fingerprint density at radius 2 is 1.92 bits per heavy atom. The minimum atomic E-state index is -2.81. The summed E-state index contributed by atoms with van der Waals surface area (Å²) in [6, 6.07) is 0. The van der Waals surface area contributed by atoms with Crippen LogP contribution in [0.2, 0.25) is 0 Å². The zero-order valence-corrected chi connectivity index (χ0v) is 8.96. The molecule has 0 aromatic rings. The van der Waals surface area contributed by atoms with E-state index in [2.05, 4.69) is 0 Å². The van der Waals surface area contributed by atoms with E-state index in [-0.39, 0.29) is 18.1 Å². The highest BCUT2D eigenvalue weighted by molar-refractivity contribution is 8.00. The first-order valence-electron chi connectivity index (χ1n) is 4.01. The van der Waals surface area contributed by atoms with Gasteiger partial charge in [-0.3, -0.25) is 0 Å². The Hall–Kier alpha value is 0.260. The molecule has 0 bridgehead atoms. The third-order valence-electron chi connectivity index (χ3n) is 1.29. The molecule has 0 aromatic carbocycles. The van der Waals surface area contributed by atoms with Crippen LogP contribution in [-0.2, 0) is 9.84 Å². The van der Waals surface area contributed by atoms with Crippen LogP contribution < -0.4 is 0 Å². The van der Waals surface area contributed by atoms with Gasteiger partial charge >= 0.3 is 0 Å². The smallest absolute Gasteiger partial charge is 0.151 e. The zero-order chi connectivity index (χ0) is 9.45. The Morgan fingerprint density at radius 1 is 1.25 bits per heavy atom. The number of rotatable bonds is 7. The van der Waals surface area contributed by atoms with Crippen LogP contribution in [0.15, 0.2) is 0 Å². The fraction of sp³-hybridized carbons (Fsp3) is 1.00. The van der Waals surface area contributed by atoms with Gasteiger partial charge in [0.05, 0.1) is 12.4 Å². The molecule has 0 radical (unpaired) electrons. The number of hydrogen-bond acceptors (Lipinski definition) is 4. The molecule has 1 N–H and O–H groups in total. The lowest BCUT2D eigenvalue weighted by atomic mass is 10.6. The molecule has 0 heterocycles. The topological polar surface area (TPSA) is 54.4 Å². The SMILES string of the molecule is CCCS(=O)(=O)CCSCCO. The van der Waals surface area contributed by atoms with Crippen molar-refractivity contribution in [3.63, 3.8) is 0 Å². The maximum Gasteiger partial charge on any atom is 0.151 e. The van der Waals surface area contributed by atoms with E-state index in [1.165, 1.54) is 11.8 Å². The van der Waals surface area contributed by atoms with Crippen molar-refractivity contribution in [3.05, 3.63) is 0 Å². The van der Waals surface area contributed by atoms with E-state index < -0.39 is 9.84 Å². The Balaban J connectivity index is 3.48. The van der Waals surface area contributed by atoms with E-state index in [9.17, 15) is 8.42 Å². The van der Waals surface area contributed by atoms with Crippen LogP contribution in [0.5, 0.6) is 0 Å². The molecule has 0 saturated heterocycles. The molecule has 74 valence electrons. The molecule has 0 spiro atoms. The third kappa shape index (κ3) is 6.94. The summed E-state index contributed by atoms with van der Waals surface area (Å²) in [6.45, 7) is 1.98. The predicted octanol–water partition coefficient (Wildman–Crippen LogP) is 0.537. The molecule has 5 heteroatoms. The van der Waals surface area contributed by atoms with Crippen molar-refractivity contribution in [2.75, 3.05) is 29.6 Å². The van der Waals surface area contributed by atoms with Gasteiger partial charge < -0.3 is 5.11 Å². The summed E-state index contributed by atoms with van der Waals surface area (Å²) in [5, 5.41) is 8.43. The van der Waals surface area contributed by atoms with Crippen molar-refractivity contribution in [2.24, 2.45) is 0 Å². The number of aliphatic hydroxyl groups is 1. The van der Waals surface area contributed by atoms with Crippen LogP contribution in [0.4, 0.5) is 0 Å². The van der Waals surface area contributed by atoms with Crippen LogP contribution in [0, 0.1) is 0 Å². The minimum absolute atomic E-state index is 0.124. The standard InChI is InChI=1S/C7H16O3S2/c1-2-6-12(9,10)7-5-11-4-3-8/h8H,2-7H2,1H3. The van der Waals surface area contributed by atoms with Gasteiger partial charge in [0.2, 0.25) is 0 Å². The molecule has 0 aliphatic heterocycles. The van der Waals surface area contributed by atoms with E-state index in [0.29, 0.717) is 17.9 Å². The molecule has 0 fully saturated rings. The fourth-order valence-corrected chi connectivity index (χ4v) is 3.41. The number of thioether (sulfide) groups is 1. The van der Waals surface area contributed by atoms with Gasteiger partial charge in [-0.1, -0.05) is 6.92 Å². The molecule has 0 aliphatic rings. The van der Waals surface area contributed by atoms with Crippen molar-refractivity contribution >= 4 is 21.6 Å². The first-order valence-corrected chi connectivity index (χ1v) is 6.99. The van der Waals surface area contributed by atoms with E-state index in [4.69, 9.17) is 5.11 Å². The van der Waals surface area contributed by atoms with Crippen LogP contribution >= 0.6 is 11.8 Å². The summed E-state index contributed by atoms with van der Waals surface area (Å²) in [4.78, 5) is 0. The maximum absolute atomic E-state index is 11.1.